The van der Waals surface area contributed by atoms with Crippen LogP contribution in [-0.4, -0.2) is 22.3 Å². The molecule has 90 valence electrons. The zero-order valence-electron chi connectivity index (χ0n) is 9.80. The van der Waals surface area contributed by atoms with Gasteiger partial charge in [-0.2, -0.15) is 5.10 Å². The van der Waals surface area contributed by atoms with Crippen molar-refractivity contribution in [3.05, 3.63) is 18.0 Å². The summed E-state index contributed by atoms with van der Waals surface area (Å²) in [6, 6.07) is -0.749. The quantitative estimate of drug-likeness (QED) is 0.699. The number of hydrogen-bond donors (Lipinski definition) is 2. The maximum atomic E-state index is 11.5. The van der Waals surface area contributed by atoms with E-state index in [0.717, 1.165) is 0 Å². The number of nitrogens with one attached hydrogen (secondary N) is 1. The summed E-state index contributed by atoms with van der Waals surface area (Å²) >= 11 is 0. The molecule has 0 saturated heterocycles. The van der Waals surface area contributed by atoms with E-state index in [1.165, 1.54) is 0 Å². The number of aromatic nitrogens is 2. The van der Waals surface area contributed by atoms with Gasteiger partial charge < -0.3 is 5.73 Å². The molecule has 6 heteroatoms. The molecule has 1 atom stereocenters. The van der Waals surface area contributed by atoms with Crippen LogP contribution in [0.25, 0.3) is 0 Å². The number of carbonyl (C=O) groups is 1. The van der Waals surface area contributed by atoms with Crippen LogP contribution in [0.3, 0.4) is 0 Å². The van der Waals surface area contributed by atoms with Gasteiger partial charge in [0.05, 0.1) is 12.8 Å². The van der Waals surface area contributed by atoms with E-state index in [-0.39, 0.29) is 5.91 Å². The van der Waals surface area contributed by atoms with Crippen LogP contribution in [0.1, 0.15) is 25.5 Å². The molecular weight excluding hydrogens is 208 g/mol. The van der Waals surface area contributed by atoms with Gasteiger partial charge >= 0.3 is 0 Å². The molecule has 1 heterocycles. The van der Waals surface area contributed by atoms with Crippen LogP contribution in [0, 0.1) is 5.92 Å². The molecule has 0 radical (unpaired) electrons. The Bertz CT molecular complexity index is 348. The van der Waals surface area contributed by atoms with Crippen LogP contribution >= 0.6 is 0 Å². The summed E-state index contributed by atoms with van der Waals surface area (Å²) in [5, 5.41) is 3.94. The Balaban J connectivity index is 2.42. The summed E-state index contributed by atoms with van der Waals surface area (Å²) in [7, 11) is 1.77. The average Bonchev–Trinajstić information content (AvgIpc) is 2.63. The SMILES string of the molecule is CC(C)CONC(=O)C(N)c1cnn(C)c1. The van der Waals surface area contributed by atoms with Gasteiger partial charge in [0.1, 0.15) is 6.04 Å². The molecule has 0 spiro atoms. The number of amides is 1. The van der Waals surface area contributed by atoms with Crippen LogP contribution in [0.15, 0.2) is 12.4 Å². The highest BCUT2D eigenvalue weighted by Crippen LogP contribution is 2.08. The first-order chi connectivity index (χ1) is 7.50. The first-order valence-electron chi connectivity index (χ1n) is 5.16. The molecule has 0 aliphatic rings. The maximum absolute atomic E-state index is 11.5. The van der Waals surface area contributed by atoms with Gasteiger partial charge in [-0.05, 0) is 5.92 Å². The lowest BCUT2D eigenvalue weighted by atomic mass is 10.2. The van der Waals surface area contributed by atoms with Crippen molar-refractivity contribution in [1.82, 2.24) is 15.3 Å². The van der Waals surface area contributed by atoms with Gasteiger partial charge in [0.2, 0.25) is 0 Å². The van der Waals surface area contributed by atoms with Gasteiger partial charge in [-0.15, -0.1) is 0 Å². The maximum Gasteiger partial charge on any atom is 0.265 e. The highest BCUT2D eigenvalue weighted by molar-refractivity contribution is 5.81. The normalized spacial score (nSPS) is 12.8. The molecule has 1 unspecified atom stereocenters. The van der Waals surface area contributed by atoms with E-state index in [2.05, 4.69) is 10.6 Å². The smallest absolute Gasteiger partial charge is 0.265 e. The highest BCUT2D eigenvalue weighted by Gasteiger charge is 2.17. The third-order valence-electron chi connectivity index (χ3n) is 1.96. The zero-order valence-corrected chi connectivity index (χ0v) is 9.80. The van der Waals surface area contributed by atoms with Crippen molar-refractivity contribution >= 4 is 5.91 Å². The van der Waals surface area contributed by atoms with E-state index >= 15 is 0 Å². The molecule has 0 aromatic carbocycles. The minimum Gasteiger partial charge on any atom is -0.316 e. The largest absolute Gasteiger partial charge is 0.316 e. The number of hydroxylamine groups is 1. The molecule has 3 N–H and O–H groups in total. The van der Waals surface area contributed by atoms with Crippen molar-refractivity contribution in [3.63, 3.8) is 0 Å². The van der Waals surface area contributed by atoms with Crippen molar-refractivity contribution in [2.45, 2.75) is 19.9 Å². The summed E-state index contributed by atoms with van der Waals surface area (Å²) in [5.74, 6) is -0.0106. The van der Waals surface area contributed by atoms with E-state index < -0.39 is 6.04 Å². The molecule has 1 amide bonds. The molecule has 1 aromatic heterocycles. The second kappa shape index (κ2) is 5.62. The van der Waals surface area contributed by atoms with E-state index in [0.29, 0.717) is 18.1 Å². The first-order valence-corrected chi connectivity index (χ1v) is 5.16. The van der Waals surface area contributed by atoms with Gasteiger partial charge in [0.15, 0.2) is 0 Å². The molecule has 0 aliphatic carbocycles. The predicted octanol–water partition coefficient (Wildman–Crippen LogP) is 0.124. The summed E-state index contributed by atoms with van der Waals surface area (Å²) in [6.45, 7) is 4.45. The number of carbonyl (C=O) groups excluding carboxylic acids is 1. The number of rotatable bonds is 5. The third-order valence-corrected chi connectivity index (χ3v) is 1.96. The molecular formula is C10H18N4O2. The minimum atomic E-state index is -0.749. The van der Waals surface area contributed by atoms with Crippen LogP contribution < -0.4 is 11.2 Å². The molecule has 1 aromatic rings. The molecule has 6 nitrogen and oxygen atoms in total. The van der Waals surface area contributed by atoms with Gasteiger partial charge in [0, 0.05) is 18.8 Å². The van der Waals surface area contributed by atoms with Crippen molar-refractivity contribution in [1.29, 1.82) is 0 Å². The van der Waals surface area contributed by atoms with Crippen molar-refractivity contribution in [2.75, 3.05) is 6.61 Å². The lowest BCUT2D eigenvalue weighted by Crippen LogP contribution is -2.34. The van der Waals surface area contributed by atoms with E-state index in [4.69, 9.17) is 10.6 Å². The second-order valence-corrected chi connectivity index (χ2v) is 4.10. The molecule has 0 fully saturated rings. The van der Waals surface area contributed by atoms with Crippen molar-refractivity contribution in [2.24, 2.45) is 18.7 Å². The van der Waals surface area contributed by atoms with E-state index in [1.807, 2.05) is 13.8 Å². The monoisotopic (exact) mass is 226 g/mol. The Morgan fingerprint density at radius 2 is 2.38 bits per heavy atom. The zero-order chi connectivity index (χ0) is 12.1. The Labute approximate surface area is 94.7 Å². The fourth-order valence-corrected chi connectivity index (χ4v) is 1.10. The molecule has 0 saturated carbocycles. The van der Waals surface area contributed by atoms with Gasteiger partial charge in [-0.25, -0.2) is 5.48 Å². The lowest BCUT2D eigenvalue weighted by Gasteiger charge is -2.11. The predicted molar refractivity (Wildman–Crippen MR) is 59.1 cm³/mol. The van der Waals surface area contributed by atoms with Crippen LogP contribution in [0.5, 0.6) is 0 Å². The van der Waals surface area contributed by atoms with Crippen LogP contribution in [-0.2, 0) is 16.7 Å². The topological polar surface area (TPSA) is 82.2 Å². The van der Waals surface area contributed by atoms with Gasteiger partial charge in [-0.1, -0.05) is 13.8 Å². The third kappa shape index (κ3) is 3.63. The summed E-state index contributed by atoms with van der Waals surface area (Å²) < 4.78 is 1.59. The minimum absolute atomic E-state index is 0.356. The number of hydrogen-bond acceptors (Lipinski definition) is 4. The first kappa shape index (κ1) is 12.7. The van der Waals surface area contributed by atoms with Crippen LogP contribution in [0.2, 0.25) is 0 Å². The fourth-order valence-electron chi connectivity index (χ4n) is 1.10. The Kier molecular flexibility index (Phi) is 4.45. The van der Waals surface area contributed by atoms with Gasteiger partial charge in [-0.3, -0.25) is 14.3 Å². The van der Waals surface area contributed by atoms with E-state index in [9.17, 15) is 4.79 Å². The number of aryl methyl sites for hydroxylation is 1. The van der Waals surface area contributed by atoms with Crippen molar-refractivity contribution < 1.29 is 9.63 Å². The number of nitrogens with two attached hydrogens (primary N) is 1. The number of nitrogens with zero attached hydrogens (tertiary/aromatic N) is 2. The standard InChI is InChI=1S/C10H18N4O2/c1-7(2)6-16-13-10(15)9(11)8-4-12-14(3)5-8/h4-5,7,9H,6,11H2,1-3H3,(H,13,15). The van der Waals surface area contributed by atoms with E-state index in [1.54, 1.807) is 24.1 Å². The van der Waals surface area contributed by atoms with Crippen LogP contribution in [0.4, 0.5) is 0 Å². The lowest BCUT2D eigenvalue weighted by molar-refractivity contribution is -0.135. The summed E-state index contributed by atoms with van der Waals surface area (Å²) in [5.41, 5.74) is 8.70. The summed E-state index contributed by atoms with van der Waals surface area (Å²) in [6.07, 6.45) is 3.26. The molecule has 16 heavy (non-hydrogen) atoms. The highest BCUT2D eigenvalue weighted by atomic mass is 16.7. The molecule has 0 bridgehead atoms. The van der Waals surface area contributed by atoms with Crippen molar-refractivity contribution in [3.8, 4) is 0 Å². The average molecular weight is 226 g/mol. The molecule has 0 aliphatic heterocycles. The fraction of sp³-hybridized carbons (Fsp3) is 0.600. The molecule has 1 rings (SSSR count). The Hall–Kier alpha value is -1.40. The Morgan fingerprint density at radius 1 is 1.69 bits per heavy atom. The second-order valence-electron chi connectivity index (χ2n) is 4.10. The Morgan fingerprint density at radius 3 is 2.88 bits per heavy atom. The summed E-state index contributed by atoms with van der Waals surface area (Å²) in [4.78, 5) is 16.5. The van der Waals surface area contributed by atoms with Gasteiger partial charge in [0.25, 0.3) is 5.91 Å².